The third kappa shape index (κ3) is 2.57. The van der Waals surface area contributed by atoms with Crippen LogP contribution in [0, 0.1) is 0 Å². The molecule has 1 heterocycles. The highest BCUT2D eigenvalue weighted by molar-refractivity contribution is 5.68. The predicted octanol–water partition coefficient (Wildman–Crippen LogP) is 0.0953. The summed E-state index contributed by atoms with van der Waals surface area (Å²) in [7, 11) is 1.31. The summed E-state index contributed by atoms with van der Waals surface area (Å²) in [5.74, 6) is 0.0140. The lowest BCUT2D eigenvalue weighted by Crippen LogP contribution is -2.14. The van der Waals surface area contributed by atoms with Crippen LogP contribution in [0.3, 0.4) is 0 Å². The Balaban J connectivity index is 2.18. The van der Waals surface area contributed by atoms with Crippen molar-refractivity contribution in [3.8, 4) is 11.4 Å². The van der Waals surface area contributed by atoms with Gasteiger partial charge in [-0.25, -0.2) is 4.79 Å². The average Bonchev–Trinajstić information content (AvgIpc) is 2.78. The van der Waals surface area contributed by atoms with Gasteiger partial charge in [-0.05, 0) is 29.5 Å². The second-order valence-corrected chi connectivity index (χ2v) is 3.34. The van der Waals surface area contributed by atoms with Crippen LogP contribution in [0.2, 0.25) is 0 Å². The first-order chi connectivity index (χ1) is 8.19. The molecule has 1 aromatic heterocycles. The molecule has 88 valence electrons. The van der Waals surface area contributed by atoms with Crippen molar-refractivity contribution < 1.29 is 9.53 Å². The van der Waals surface area contributed by atoms with Gasteiger partial charge in [-0.1, -0.05) is 0 Å². The molecule has 0 bridgehead atoms. The van der Waals surface area contributed by atoms with Gasteiger partial charge in [0.1, 0.15) is 0 Å². The van der Waals surface area contributed by atoms with Gasteiger partial charge in [0.25, 0.3) is 0 Å². The van der Waals surface area contributed by atoms with E-state index in [1.807, 2.05) is 0 Å². The molecule has 0 saturated heterocycles. The molecule has 2 aromatic rings. The fraction of sp³-hybridized carbons (Fsp3) is 0.200. The Labute approximate surface area is 97.2 Å². The number of anilines is 1. The second-order valence-electron chi connectivity index (χ2n) is 3.34. The first kappa shape index (κ1) is 11.1. The van der Waals surface area contributed by atoms with Crippen molar-refractivity contribution >= 4 is 11.7 Å². The highest BCUT2D eigenvalue weighted by atomic mass is 16.5. The number of nitrogens with two attached hydrogens (primary N) is 1. The zero-order valence-corrected chi connectivity index (χ0v) is 9.20. The normalized spacial score (nSPS) is 10.2. The van der Waals surface area contributed by atoms with Crippen LogP contribution in [0.15, 0.2) is 24.3 Å². The number of nitrogens with zero attached hydrogens (tertiary/aromatic N) is 4. The van der Waals surface area contributed by atoms with E-state index in [4.69, 9.17) is 5.73 Å². The van der Waals surface area contributed by atoms with Gasteiger partial charge in [-0.15, -0.1) is 10.2 Å². The van der Waals surface area contributed by atoms with Gasteiger partial charge in [0.05, 0.1) is 7.11 Å². The third-order valence-corrected chi connectivity index (χ3v) is 2.12. The maximum absolute atomic E-state index is 11.0. The SMILES string of the molecule is COC(=O)Cn1nnc(-c2ccc(N)cc2)n1. The molecule has 0 spiro atoms. The molecule has 1 aromatic carbocycles. The molecule has 0 amide bonds. The highest BCUT2D eigenvalue weighted by Gasteiger charge is 2.08. The Hall–Kier alpha value is -2.44. The monoisotopic (exact) mass is 233 g/mol. The first-order valence-electron chi connectivity index (χ1n) is 4.89. The van der Waals surface area contributed by atoms with E-state index in [1.54, 1.807) is 24.3 Å². The van der Waals surface area contributed by atoms with Crippen LogP contribution in [-0.2, 0) is 16.1 Å². The number of methoxy groups -OCH3 is 1. The Bertz CT molecular complexity index is 520. The van der Waals surface area contributed by atoms with E-state index < -0.39 is 5.97 Å². The minimum Gasteiger partial charge on any atom is -0.468 e. The van der Waals surface area contributed by atoms with E-state index >= 15 is 0 Å². The predicted molar refractivity (Wildman–Crippen MR) is 59.7 cm³/mol. The van der Waals surface area contributed by atoms with Crippen LogP contribution in [0.5, 0.6) is 0 Å². The van der Waals surface area contributed by atoms with E-state index in [2.05, 4.69) is 20.1 Å². The quantitative estimate of drug-likeness (QED) is 0.596. The lowest BCUT2D eigenvalue weighted by atomic mass is 10.2. The lowest BCUT2D eigenvalue weighted by molar-refractivity contribution is -0.141. The van der Waals surface area contributed by atoms with Crippen LogP contribution in [0.25, 0.3) is 11.4 Å². The molecular weight excluding hydrogens is 222 g/mol. The van der Waals surface area contributed by atoms with Gasteiger partial charge < -0.3 is 10.5 Å². The van der Waals surface area contributed by atoms with Crippen molar-refractivity contribution in [1.82, 2.24) is 20.2 Å². The van der Waals surface area contributed by atoms with Crippen molar-refractivity contribution in [3.05, 3.63) is 24.3 Å². The van der Waals surface area contributed by atoms with Crippen LogP contribution in [0.4, 0.5) is 5.69 Å². The lowest BCUT2D eigenvalue weighted by Gasteiger charge is -1.96. The zero-order chi connectivity index (χ0) is 12.3. The maximum Gasteiger partial charge on any atom is 0.329 e. The van der Waals surface area contributed by atoms with E-state index in [-0.39, 0.29) is 6.54 Å². The zero-order valence-electron chi connectivity index (χ0n) is 9.20. The van der Waals surface area contributed by atoms with E-state index in [0.29, 0.717) is 11.5 Å². The Kier molecular flexibility index (Phi) is 2.99. The molecule has 0 aliphatic heterocycles. The fourth-order valence-electron chi connectivity index (χ4n) is 1.24. The molecule has 0 radical (unpaired) electrons. The third-order valence-electron chi connectivity index (χ3n) is 2.12. The molecule has 0 fully saturated rings. The molecule has 2 N–H and O–H groups in total. The number of benzene rings is 1. The van der Waals surface area contributed by atoms with Gasteiger partial charge >= 0.3 is 5.97 Å². The number of hydrogen-bond donors (Lipinski definition) is 1. The summed E-state index contributed by atoms with van der Waals surface area (Å²) < 4.78 is 4.50. The van der Waals surface area contributed by atoms with Gasteiger partial charge in [-0.2, -0.15) is 4.80 Å². The number of tetrazole rings is 1. The number of hydrogen-bond acceptors (Lipinski definition) is 6. The molecule has 0 atom stereocenters. The Morgan fingerprint density at radius 1 is 1.41 bits per heavy atom. The van der Waals surface area contributed by atoms with Crippen molar-refractivity contribution in [2.75, 3.05) is 12.8 Å². The molecule has 0 saturated carbocycles. The van der Waals surface area contributed by atoms with Crippen molar-refractivity contribution in [2.45, 2.75) is 6.54 Å². The number of carbonyl (C=O) groups is 1. The van der Waals surface area contributed by atoms with E-state index in [9.17, 15) is 4.79 Å². The number of esters is 1. The fourth-order valence-corrected chi connectivity index (χ4v) is 1.24. The number of rotatable bonds is 3. The van der Waals surface area contributed by atoms with Crippen LogP contribution < -0.4 is 5.73 Å². The van der Waals surface area contributed by atoms with Gasteiger partial charge in [0.15, 0.2) is 6.54 Å². The van der Waals surface area contributed by atoms with Gasteiger partial charge in [0, 0.05) is 11.3 Å². The number of carbonyl (C=O) groups excluding carboxylic acids is 1. The Morgan fingerprint density at radius 2 is 2.12 bits per heavy atom. The summed E-state index contributed by atoms with van der Waals surface area (Å²) in [6, 6.07) is 7.07. The molecule has 0 unspecified atom stereocenters. The number of nitrogen functional groups attached to an aromatic ring is 1. The van der Waals surface area contributed by atoms with E-state index in [0.717, 1.165) is 5.56 Å². The van der Waals surface area contributed by atoms with Crippen molar-refractivity contribution in [3.63, 3.8) is 0 Å². The molecule has 17 heavy (non-hydrogen) atoms. The second kappa shape index (κ2) is 4.60. The van der Waals surface area contributed by atoms with Crippen molar-refractivity contribution in [1.29, 1.82) is 0 Å². The molecule has 7 nitrogen and oxygen atoms in total. The molecule has 7 heteroatoms. The van der Waals surface area contributed by atoms with Gasteiger partial charge in [0.2, 0.25) is 5.82 Å². The first-order valence-corrected chi connectivity index (χ1v) is 4.89. The van der Waals surface area contributed by atoms with Gasteiger partial charge in [-0.3, -0.25) is 0 Å². The minimum absolute atomic E-state index is 0.0571. The number of aromatic nitrogens is 4. The average molecular weight is 233 g/mol. The maximum atomic E-state index is 11.0. The Morgan fingerprint density at radius 3 is 2.76 bits per heavy atom. The molecule has 0 aliphatic carbocycles. The summed E-state index contributed by atoms with van der Waals surface area (Å²) in [6.45, 7) is -0.0571. The largest absolute Gasteiger partial charge is 0.468 e. The number of ether oxygens (including phenoxy) is 1. The summed E-state index contributed by atoms with van der Waals surface area (Å²) in [5.41, 5.74) is 7.02. The van der Waals surface area contributed by atoms with E-state index in [1.165, 1.54) is 11.9 Å². The summed E-state index contributed by atoms with van der Waals surface area (Å²) in [6.07, 6.45) is 0. The molecular formula is C10H11N5O2. The smallest absolute Gasteiger partial charge is 0.329 e. The van der Waals surface area contributed by atoms with Crippen LogP contribution in [-0.4, -0.2) is 33.3 Å². The van der Waals surface area contributed by atoms with Crippen LogP contribution in [0.1, 0.15) is 0 Å². The summed E-state index contributed by atoms with van der Waals surface area (Å²) >= 11 is 0. The standard InChI is InChI=1S/C10H11N5O2/c1-17-9(16)6-15-13-10(12-14-15)7-2-4-8(11)5-3-7/h2-5H,6,11H2,1H3. The molecule has 2 rings (SSSR count). The molecule has 0 aliphatic rings. The minimum atomic E-state index is -0.425. The van der Waals surface area contributed by atoms with Crippen molar-refractivity contribution in [2.24, 2.45) is 0 Å². The summed E-state index contributed by atoms with van der Waals surface area (Å²) in [4.78, 5) is 12.2. The highest BCUT2D eigenvalue weighted by Crippen LogP contribution is 2.14. The topological polar surface area (TPSA) is 95.9 Å². The van der Waals surface area contributed by atoms with Crippen LogP contribution >= 0.6 is 0 Å². The summed E-state index contributed by atoms with van der Waals surface area (Å²) in [5, 5.41) is 11.6.